The lowest BCUT2D eigenvalue weighted by atomic mass is 10.2. The molecule has 1 saturated carbocycles. The lowest BCUT2D eigenvalue weighted by Gasteiger charge is -2.12. The Morgan fingerprint density at radius 1 is 1.40 bits per heavy atom. The van der Waals surface area contributed by atoms with Gasteiger partial charge in [0.25, 0.3) is 0 Å². The van der Waals surface area contributed by atoms with Crippen LogP contribution >= 0.6 is 11.8 Å². The number of thioether (sulfide) groups is 1. The SMILES string of the molecule is CCC(N)=Nc1ccc(OC)c(CSC2CCCC2)c1. The van der Waals surface area contributed by atoms with Crippen LogP contribution in [-0.2, 0) is 5.75 Å². The second-order valence-corrected chi connectivity index (χ2v) is 6.46. The van der Waals surface area contributed by atoms with E-state index >= 15 is 0 Å². The molecule has 1 aliphatic carbocycles. The van der Waals surface area contributed by atoms with Crippen molar-refractivity contribution in [2.45, 2.75) is 50.0 Å². The molecular weight excluding hydrogens is 268 g/mol. The highest BCUT2D eigenvalue weighted by atomic mass is 32.2. The Hall–Kier alpha value is -1.16. The number of hydrogen-bond donors (Lipinski definition) is 1. The molecule has 1 aromatic carbocycles. The summed E-state index contributed by atoms with van der Waals surface area (Å²) in [6, 6.07) is 6.06. The summed E-state index contributed by atoms with van der Waals surface area (Å²) >= 11 is 2.04. The van der Waals surface area contributed by atoms with Crippen LogP contribution in [0, 0.1) is 0 Å². The molecule has 0 bridgehead atoms. The van der Waals surface area contributed by atoms with Crippen LogP contribution in [0.3, 0.4) is 0 Å². The van der Waals surface area contributed by atoms with Crippen molar-refractivity contribution in [1.82, 2.24) is 0 Å². The smallest absolute Gasteiger partial charge is 0.123 e. The molecule has 0 amide bonds. The largest absolute Gasteiger partial charge is 0.496 e. The van der Waals surface area contributed by atoms with E-state index in [-0.39, 0.29) is 0 Å². The van der Waals surface area contributed by atoms with Gasteiger partial charge in [-0.2, -0.15) is 11.8 Å². The van der Waals surface area contributed by atoms with E-state index in [9.17, 15) is 0 Å². The molecule has 0 aromatic heterocycles. The van der Waals surface area contributed by atoms with E-state index in [4.69, 9.17) is 10.5 Å². The number of nitrogens with two attached hydrogens (primary N) is 1. The highest BCUT2D eigenvalue weighted by molar-refractivity contribution is 7.99. The zero-order chi connectivity index (χ0) is 14.4. The molecule has 1 aliphatic rings. The van der Waals surface area contributed by atoms with Gasteiger partial charge in [-0.15, -0.1) is 0 Å². The van der Waals surface area contributed by atoms with E-state index in [1.54, 1.807) is 7.11 Å². The summed E-state index contributed by atoms with van der Waals surface area (Å²) in [6.45, 7) is 2.01. The first-order valence-electron chi connectivity index (χ1n) is 7.34. The van der Waals surface area contributed by atoms with Crippen molar-refractivity contribution in [1.29, 1.82) is 0 Å². The summed E-state index contributed by atoms with van der Waals surface area (Å²) in [6.07, 6.45) is 6.25. The quantitative estimate of drug-likeness (QED) is 0.629. The third-order valence-electron chi connectivity index (χ3n) is 3.68. The fraction of sp³-hybridized carbons (Fsp3) is 0.562. The Labute approximate surface area is 126 Å². The van der Waals surface area contributed by atoms with E-state index < -0.39 is 0 Å². The maximum atomic E-state index is 5.81. The molecule has 4 heteroatoms. The fourth-order valence-corrected chi connectivity index (χ4v) is 3.76. The number of ether oxygens (including phenoxy) is 1. The van der Waals surface area contributed by atoms with Gasteiger partial charge in [-0.25, -0.2) is 4.99 Å². The number of nitrogens with zero attached hydrogens (tertiary/aromatic N) is 1. The topological polar surface area (TPSA) is 47.6 Å². The van der Waals surface area contributed by atoms with Crippen molar-refractivity contribution >= 4 is 23.3 Å². The first-order valence-corrected chi connectivity index (χ1v) is 8.39. The van der Waals surface area contributed by atoms with E-state index in [1.165, 1.54) is 31.2 Å². The van der Waals surface area contributed by atoms with Crippen molar-refractivity contribution in [3.05, 3.63) is 23.8 Å². The maximum absolute atomic E-state index is 5.81. The van der Waals surface area contributed by atoms with E-state index in [0.29, 0.717) is 5.84 Å². The number of hydrogen-bond acceptors (Lipinski definition) is 3. The van der Waals surface area contributed by atoms with Gasteiger partial charge in [-0.1, -0.05) is 19.8 Å². The zero-order valence-corrected chi connectivity index (χ0v) is 13.2. The third kappa shape index (κ3) is 4.17. The van der Waals surface area contributed by atoms with Crippen molar-refractivity contribution < 1.29 is 4.74 Å². The average Bonchev–Trinajstić information content (AvgIpc) is 2.98. The van der Waals surface area contributed by atoms with Gasteiger partial charge in [0.15, 0.2) is 0 Å². The van der Waals surface area contributed by atoms with Crippen molar-refractivity contribution in [3.8, 4) is 5.75 Å². The van der Waals surface area contributed by atoms with Crippen molar-refractivity contribution in [2.75, 3.05) is 7.11 Å². The number of benzene rings is 1. The van der Waals surface area contributed by atoms with Crippen LogP contribution < -0.4 is 10.5 Å². The highest BCUT2D eigenvalue weighted by Crippen LogP contribution is 2.34. The highest BCUT2D eigenvalue weighted by Gasteiger charge is 2.16. The van der Waals surface area contributed by atoms with Crippen LogP contribution in [0.2, 0.25) is 0 Å². The van der Waals surface area contributed by atoms with Crippen LogP contribution in [0.25, 0.3) is 0 Å². The Morgan fingerprint density at radius 2 is 2.15 bits per heavy atom. The second-order valence-electron chi connectivity index (χ2n) is 5.17. The molecule has 2 rings (SSSR count). The first-order chi connectivity index (χ1) is 9.72. The van der Waals surface area contributed by atoms with Gasteiger partial charge in [0.2, 0.25) is 0 Å². The Kier molecular flexibility index (Phi) is 5.77. The molecule has 1 aromatic rings. The molecule has 0 aliphatic heterocycles. The molecule has 1 fully saturated rings. The number of rotatable bonds is 6. The molecule has 110 valence electrons. The fourth-order valence-electron chi connectivity index (χ4n) is 2.45. The van der Waals surface area contributed by atoms with Crippen LogP contribution in [-0.4, -0.2) is 18.2 Å². The minimum absolute atomic E-state index is 0.671. The molecule has 2 N–H and O–H groups in total. The molecular formula is C16H24N2OS. The van der Waals surface area contributed by atoms with Gasteiger partial charge in [0.05, 0.1) is 18.6 Å². The Balaban J connectivity index is 2.09. The molecule has 3 nitrogen and oxygen atoms in total. The third-order valence-corrected chi connectivity index (χ3v) is 5.10. The van der Waals surface area contributed by atoms with Gasteiger partial charge in [0, 0.05) is 23.0 Å². The molecule has 0 heterocycles. The molecule has 0 radical (unpaired) electrons. The minimum Gasteiger partial charge on any atom is -0.496 e. The monoisotopic (exact) mass is 292 g/mol. The standard InChI is InChI=1S/C16H24N2OS/c1-3-16(17)18-13-8-9-15(19-2)12(10-13)11-20-14-6-4-5-7-14/h8-10,14H,3-7,11H2,1-2H3,(H2,17,18). The van der Waals surface area contributed by atoms with Gasteiger partial charge in [-0.05, 0) is 31.0 Å². The molecule has 0 atom stereocenters. The summed E-state index contributed by atoms with van der Waals surface area (Å²) in [5.41, 5.74) is 7.95. The number of methoxy groups -OCH3 is 1. The van der Waals surface area contributed by atoms with Crippen LogP contribution in [0.1, 0.15) is 44.6 Å². The molecule has 0 unspecified atom stereocenters. The Morgan fingerprint density at radius 3 is 2.80 bits per heavy atom. The van der Waals surface area contributed by atoms with Crippen LogP contribution in [0.5, 0.6) is 5.75 Å². The van der Waals surface area contributed by atoms with Crippen molar-refractivity contribution in [2.24, 2.45) is 10.7 Å². The minimum atomic E-state index is 0.671. The van der Waals surface area contributed by atoms with Gasteiger partial charge in [0.1, 0.15) is 5.75 Å². The summed E-state index contributed by atoms with van der Waals surface area (Å²) in [5.74, 6) is 2.61. The maximum Gasteiger partial charge on any atom is 0.123 e. The van der Waals surface area contributed by atoms with E-state index in [1.807, 2.05) is 30.8 Å². The molecule has 0 spiro atoms. The average molecular weight is 292 g/mol. The van der Waals surface area contributed by atoms with Gasteiger partial charge >= 0.3 is 0 Å². The molecule has 0 saturated heterocycles. The van der Waals surface area contributed by atoms with Gasteiger partial charge < -0.3 is 10.5 Å². The normalized spacial score (nSPS) is 16.6. The van der Waals surface area contributed by atoms with E-state index in [0.717, 1.165) is 28.9 Å². The number of amidine groups is 1. The first kappa shape index (κ1) is 15.2. The van der Waals surface area contributed by atoms with Crippen LogP contribution in [0.15, 0.2) is 23.2 Å². The summed E-state index contributed by atoms with van der Waals surface area (Å²) in [4.78, 5) is 4.42. The summed E-state index contributed by atoms with van der Waals surface area (Å²) in [7, 11) is 1.72. The molecule has 20 heavy (non-hydrogen) atoms. The van der Waals surface area contributed by atoms with E-state index in [2.05, 4.69) is 11.1 Å². The zero-order valence-electron chi connectivity index (χ0n) is 12.4. The predicted molar refractivity (Wildman–Crippen MR) is 88.1 cm³/mol. The summed E-state index contributed by atoms with van der Waals surface area (Å²) in [5, 5.41) is 0.813. The summed E-state index contributed by atoms with van der Waals surface area (Å²) < 4.78 is 5.45. The predicted octanol–water partition coefficient (Wildman–Crippen LogP) is 4.27. The lowest BCUT2D eigenvalue weighted by molar-refractivity contribution is 0.411. The lowest BCUT2D eigenvalue weighted by Crippen LogP contribution is -2.08. The van der Waals surface area contributed by atoms with Crippen molar-refractivity contribution in [3.63, 3.8) is 0 Å². The second kappa shape index (κ2) is 7.58. The van der Waals surface area contributed by atoms with Crippen LogP contribution in [0.4, 0.5) is 5.69 Å². The van der Waals surface area contributed by atoms with Gasteiger partial charge in [-0.3, -0.25) is 0 Å². The number of aliphatic imine (C=N–C) groups is 1. The Bertz CT molecular complexity index is 468.